The van der Waals surface area contributed by atoms with E-state index in [4.69, 9.17) is 0 Å². The minimum Gasteiger partial charge on any atom is -0.313 e. The highest BCUT2D eigenvalue weighted by Gasteiger charge is 2.17. The van der Waals surface area contributed by atoms with E-state index in [0.29, 0.717) is 18.3 Å². The van der Waals surface area contributed by atoms with Crippen LogP contribution in [0.2, 0.25) is 0 Å². The molecular weight excluding hydrogens is 228 g/mol. The number of hydrogen-bond acceptors (Lipinski definition) is 3. The molecule has 2 heterocycles. The number of nitrogens with one attached hydrogen (secondary N) is 2. The molecule has 2 rings (SSSR count). The number of anilines is 1. The molecule has 1 aromatic heterocycles. The van der Waals surface area contributed by atoms with Gasteiger partial charge in [-0.1, -0.05) is 0 Å². The predicted molar refractivity (Wildman–Crippen MR) is 64.7 cm³/mol. The molecule has 0 spiro atoms. The fourth-order valence-electron chi connectivity index (χ4n) is 1.83. The van der Waals surface area contributed by atoms with Crippen LogP contribution in [0.25, 0.3) is 0 Å². The van der Waals surface area contributed by atoms with Crippen molar-refractivity contribution in [1.29, 1.82) is 0 Å². The second-order valence-corrected chi connectivity index (χ2v) is 3.92. The van der Waals surface area contributed by atoms with Crippen molar-refractivity contribution in [2.24, 2.45) is 7.05 Å². The summed E-state index contributed by atoms with van der Waals surface area (Å²) in [5, 5.41) is 10.2. The summed E-state index contributed by atoms with van der Waals surface area (Å²) in [4.78, 5) is 11.6. The van der Waals surface area contributed by atoms with Gasteiger partial charge in [-0.05, 0) is 19.4 Å². The molecule has 1 atom stereocenters. The highest BCUT2D eigenvalue weighted by molar-refractivity contribution is 5.90. The zero-order valence-electron chi connectivity index (χ0n) is 9.27. The number of nitrogens with zero attached hydrogens (tertiary/aromatic N) is 2. The van der Waals surface area contributed by atoms with Crippen LogP contribution < -0.4 is 10.6 Å². The Morgan fingerprint density at radius 2 is 2.56 bits per heavy atom. The molecule has 16 heavy (non-hydrogen) atoms. The van der Waals surface area contributed by atoms with E-state index < -0.39 is 0 Å². The van der Waals surface area contributed by atoms with E-state index in [1.165, 1.54) is 6.42 Å². The molecule has 1 amide bonds. The van der Waals surface area contributed by atoms with Crippen molar-refractivity contribution < 1.29 is 4.79 Å². The molecule has 6 heteroatoms. The molecule has 5 nitrogen and oxygen atoms in total. The third-order valence-corrected chi connectivity index (χ3v) is 2.58. The number of rotatable bonds is 3. The average molecular weight is 245 g/mol. The Morgan fingerprint density at radius 1 is 1.75 bits per heavy atom. The molecule has 0 saturated carbocycles. The van der Waals surface area contributed by atoms with Gasteiger partial charge in [-0.25, -0.2) is 0 Å². The van der Waals surface area contributed by atoms with Crippen LogP contribution in [-0.2, 0) is 11.8 Å². The van der Waals surface area contributed by atoms with Crippen molar-refractivity contribution in [2.45, 2.75) is 25.3 Å². The van der Waals surface area contributed by atoms with E-state index in [0.717, 1.165) is 13.0 Å². The van der Waals surface area contributed by atoms with Crippen LogP contribution in [0.4, 0.5) is 5.82 Å². The topological polar surface area (TPSA) is 59.0 Å². The third-order valence-electron chi connectivity index (χ3n) is 2.58. The summed E-state index contributed by atoms with van der Waals surface area (Å²) in [5.74, 6) is 0.661. The first-order valence-electron chi connectivity index (χ1n) is 5.27. The van der Waals surface area contributed by atoms with Gasteiger partial charge in [-0.15, -0.1) is 12.4 Å². The van der Waals surface area contributed by atoms with E-state index >= 15 is 0 Å². The zero-order valence-corrected chi connectivity index (χ0v) is 10.1. The molecular formula is C10H17ClN4O. The van der Waals surface area contributed by atoms with Crippen LogP contribution in [0, 0.1) is 0 Å². The van der Waals surface area contributed by atoms with Crippen molar-refractivity contribution in [3.63, 3.8) is 0 Å². The number of carbonyl (C=O) groups excluding carboxylic acids is 1. The first-order valence-corrected chi connectivity index (χ1v) is 5.27. The Bertz CT molecular complexity index is 346. The minimum atomic E-state index is 0. The van der Waals surface area contributed by atoms with Crippen LogP contribution >= 0.6 is 12.4 Å². The average Bonchev–Trinajstić information content (AvgIpc) is 2.77. The van der Waals surface area contributed by atoms with Gasteiger partial charge in [0, 0.05) is 31.8 Å². The lowest BCUT2D eigenvalue weighted by molar-refractivity contribution is -0.116. The number of amides is 1. The summed E-state index contributed by atoms with van der Waals surface area (Å²) in [6.45, 7) is 1.03. The zero-order chi connectivity index (χ0) is 10.7. The second-order valence-electron chi connectivity index (χ2n) is 3.92. The number of hydrogen-bond donors (Lipinski definition) is 2. The molecule has 1 unspecified atom stereocenters. The predicted octanol–water partition coefficient (Wildman–Crippen LogP) is 0.922. The maximum atomic E-state index is 11.6. The summed E-state index contributed by atoms with van der Waals surface area (Å²) < 4.78 is 1.67. The van der Waals surface area contributed by atoms with Gasteiger partial charge in [-0.3, -0.25) is 9.48 Å². The summed E-state index contributed by atoms with van der Waals surface area (Å²) in [5.41, 5.74) is 0. The monoisotopic (exact) mass is 244 g/mol. The number of aromatic nitrogens is 2. The summed E-state index contributed by atoms with van der Waals surface area (Å²) in [7, 11) is 1.83. The van der Waals surface area contributed by atoms with Crippen LogP contribution in [0.5, 0.6) is 0 Å². The van der Waals surface area contributed by atoms with Gasteiger partial charge in [0.15, 0.2) is 5.82 Å². The van der Waals surface area contributed by atoms with Crippen LogP contribution in [0.3, 0.4) is 0 Å². The normalized spacial score (nSPS) is 19.2. The molecule has 0 radical (unpaired) electrons. The van der Waals surface area contributed by atoms with E-state index in [-0.39, 0.29) is 18.3 Å². The van der Waals surface area contributed by atoms with E-state index in [1.54, 1.807) is 10.7 Å². The Morgan fingerprint density at radius 3 is 3.12 bits per heavy atom. The first-order chi connectivity index (χ1) is 7.24. The summed E-state index contributed by atoms with van der Waals surface area (Å²) >= 11 is 0. The maximum absolute atomic E-state index is 11.6. The fourth-order valence-corrected chi connectivity index (χ4v) is 1.83. The SMILES string of the molecule is Cl.Cn1ccc(NC(=O)CC2CCCN2)n1. The first kappa shape index (κ1) is 13.0. The van der Waals surface area contributed by atoms with Gasteiger partial charge >= 0.3 is 0 Å². The van der Waals surface area contributed by atoms with Crippen LogP contribution in [0.1, 0.15) is 19.3 Å². The van der Waals surface area contributed by atoms with Gasteiger partial charge in [-0.2, -0.15) is 5.10 Å². The van der Waals surface area contributed by atoms with Gasteiger partial charge in [0.2, 0.25) is 5.91 Å². The number of carbonyl (C=O) groups is 1. The van der Waals surface area contributed by atoms with Crippen molar-refractivity contribution in [2.75, 3.05) is 11.9 Å². The molecule has 90 valence electrons. The Balaban J connectivity index is 0.00000128. The maximum Gasteiger partial charge on any atom is 0.227 e. The van der Waals surface area contributed by atoms with Gasteiger partial charge in [0.25, 0.3) is 0 Å². The number of aryl methyl sites for hydroxylation is 1. The molecule has 1 saturated heterocycles. The van der Waals surface area contributed by atoms with Crippen LogP contribution in [-0.4, -0.2) is 28.3 Å². The number of halogens is 1. The van der Waals surface area contributed by atoms with Crippen molar-refractivity contribution in [1.82, 2.24) is 15.1 Å². The Labute approximate surface area is 101 Å². The lowest BCUT2D eigenvalue weighted by Gasteiger charge is -2.08. The van der Waals surface area contributed by atoms with E-state index in [9.17, 15) is 4.79 Å². The van der Waals surface area contributed by atoms with Gasteiger partial charge in [0.1, 0.15) is 0 Å². The van der Waals surface area contributed by atoms with E-state index in [1.807, 2.05) is 13.2 Å². The minimum absolute atomic E-state index is 0. The molecule has 1 fully saturated rings. The molecule has 1 aliphatic heterocycles. The van der Waals surface area contributed by atoms with Gasteiger partial charge < -0.3 is 10.6 Å². The lowest BCUT2D eigenvalue weighted by atomic mass is 10.1. The Hall–Kier alpha value is -1.07. The second kappa shape index (κ2) is 5.86. The summed E-state index contributed by atoms with van der Waals surface area (Å²) in [6.07, 6.45) is 4.61. The van der Waals surface area contributed by atoms with E-state index in [2.05, 4.69) is 15.7 Å². The van der Waals surface area contributed by atoms with Crippen molar-refractivity contribution in [3.8, 4) is 0 Å². The quantitative estimate of drug-likeness (QED) is 0.832. The molecule has 0 aliphatic carbocycles. The fraction of sp³-hybridized carbons (Fsp3) is 0.600. The molecule has 2 N–H and O–H groups in total. The molecule has 0 aromatic carbocycles. The lowest BCUT2D eigenvalue weighted by Crippen LogP contribution is -2.27. The highest BCUT2D eigenvalue weighted by atomic mass is 35.5. The van der Waals surface area contributed by atoms with Crippen LogP contribution in [0.15, 0.2) is 12.3 Å². The largest absolute Gasteiger partial charge is 0.313 e. The molecule has 1 aliphatic rings. The smallest absolute Gasteiger partial charge is 0.227 e. The van der Waals surface area contributed by atoms with Crippen molar-refractivity contribution in [3.05, 3.63) is 12.3 Å². The van der Waals surface area contributed by atoms with Crippen molar-refractivity contribution >= 4 is 24.1 Å². The highest BCUT2D eigenvalue weighted by Crippen LogP contribution is 2.10. The van der Waals surface area contributed by atoms with Gasteiger partial charge in [0.05, 0.1) is 0 Å². The molecule has 0 bridgehead atoms. The molecule has 1 aromatic rings. The summed E-state index contributed by atoms with van der Waals surface area (Å²) in [6, 6.07) is 2.13. The standard InChI is InChI=1S/C10H16N4O.ClH/c1-14-6-4-9(13-14)12-10(15)7-8-3-2-5-11-8;/h4,6,8,11H,2-3,5,7H2,1H3,(H,12,13,15);1H. The third kappa shape index (κ3) is 3.50. The Kier molecular flexibility index (Phi) is 4.76.